The number of nitrogens with two attached hydrogens (primary N) is 1. The standard InChI is InChI=1S/C13H20N2/c1-10-7-11(2)15-13(8-10)9-12-5-3-4-6-14-12/h7-8,12,14H,3-6,9H2,1-2H3/p+1/t12-/m1/s1. The third kappa shape index (κ3) is 3.03. The van der Waals surface area contributed by atoms with Crippen molar-refractivity contribution in [3.63, 3.8) is 0 Å². The van der Waals surface area contributed by atoms with Crippen LogP contribution in [0.25, 0.3) is 0 Å². The minimum Gasteiger partial charge on any atom is -0.343 e. The quantitative estimate of drug-likeness (QED) is 0.776. The van der Waals surface area contributed by atoms with Gasteiger partial charge in [0.15, 0.2) is 0 Å². The average molecular weight is 205 g/mol. The zero-order valence-electron chi connectivity index (χ0n) is 9.79. The van der Waals surface area contributed by atoms with Gasteiger partial charge in [-0.1, -0.05) is 0 Å². The second kappa shape index (κ2) is 4.75. The minimum atomic E-state index is 0.771. The Labute approximate surface area is 92.1 Å². The van der Waals surface area contributed by atoms with E-state index in [2.05, 4.69) is 36.3 Å². The highest BCUT2D eigenvalue weighted by atomic mass is 14.9. The topological polar surface area (TPSA) is 29.5 Å². The van der Waals surface area contributed by atoms with Crippen molar-refractivity contribution >= 4 is 0 Å². The van der Waals surface area contributed by atoms with Gasteiger partial charge in [-0.2, -0.15) is 0 Å². The van der Waals surface area contributed by atoms with E-state index in [0.29, 0.717) is 0 Å². The van der Waals surface area contributed by atoms with Crippen molar-refractivity contribution in [2.75, 3.05) is 6.54 Å². The van der Waals surface area contributed by atoms with E-state index in [4.69, 9.17) is 0 Å². The summed E-state index contributed by atoms with van der Waals surface area (Å²) >= 11 is 0. The lowest BCUT2D eigenvalue weighted by Gasteiger charge is -2.20. The zero-order valence-corrected chi connectivity index (χ0v) is 9.79. The zero-order chi connectivity index (χ0) is 10.7. The molecular weight excluding hydrogens is 184 g/mol. The lowest BCUT2D eigenvalue weighted by molar-refractivity contribution is -0.697. The van der Waals surface area contributed by atoms with Crippen LogP contribution in [0, 0.1) is 13.8 Å². The summed E-state index contributed by atoms with van der Waals surface area (Å²) in [5.41, 5.74) is 3.77. The summed E-state index contributed by atoms with van der Waals surface area (Å²) in [7, 11) is 0. The monoisotopic (exact) mass is 205 g/mol. The van der Waals surface area contributed by atoms with Crippen LogP contribution in [0.5, 0.6) is 0 Å². The second-order valence-electron chi connectivity index (χ2n) is 4.76. The lowest BCUT2D eigenvalue weighted by atomic mass is 9.99. The Morgan fingerprint density at radius 3 is 2.87 bits per heavy atom. The molecule has 82 valence electrons. The van der Waals surface area contributed by atoms with Crippen LogP contribution in [-0.4, -0.2) is 17.6 Å². The maximum absolute atomic E-state index is 4.61. The van der Waals surface area contributed by atoms with Crippen LogP contribution in [0.15, 0.2) is 12.1 Å². The molecule has 15 heavy (non-hydrogen) atoms. The van der Waals surface area contributed by atoms with Crippen LogP contribution in [0.3, 0.4) is 0 Å². The fraction of sp³-hybridized carbons (Fsp3) is 0.615. The Bertz CT molecular complexity index is 307. The van der Waals surface area contributed by atoms with Crippen LogP contribution in [0.4, 0.5) is 0 Å². The predicted octanol–water partition coefficient (Wildman–Crippen LogP) is 1.36. The Hall–Kier alpha value is -0.890. The van der Waals surface area contributed by atoms with Gasteiger partial charge < -0.3 is 5.32 Å². The summed E-state index contributed by atoms with van der Waals surface area (Å²) < 4.78 is 0. The van der Waals surface area contributed by atoms with E-state index in [1.54, 1.807) is 0 Å². The number of quaternary nitrogens is 1. The summed E-state index contributed by atoms with van der Waals surface area (Å²) in [6.45, 7) is 5.54. The summed E-state index contributed by atoms with van der Waals surface area (Å²) in [6.07, 6.45) is 5.28. The molecule has 2 heteroatoms. The number of aryl methyl sites for hydroxylation is 2. The average Bonchev–Trinajstić information content (AvgIpc) is 2.17. The molecule has 1 aliphatic heterocycles. The van der Waals surface area contributed by atoms with Crippen LogP contribution >= 0.6 is 0 Å². The maximum Gasteiger partial charge on any atom is 0.0915 e. The largest absolute Gasteiger partial charge is 0.343 e. The van der Waals surface area contributed by atoms with Crippen molar-refractivity contribution in [1.29, 1.82) is 0 Å². The highest BCUT2D eigenvalue weighted by molar-refractivity contribution is 5.19. The van der Waals surface area contributed by atoms with E-state index in [-0.39, 0.29) is 0 Å². The Kier molecular flexibility index (Phi) is 3.37. The van der Waals surface area contributed by atoms with E-state index in [1.807, 2.05) is 0 Å². The minimum absolute atomic E-state index is 0.771. The highest BCUT2D eigenvalue weighted by Gasteiger charge is 2.17. The second-order valence-corrected chi connectivity index (χ2v) is 4.76. The molecule has 1 aromatic rings. The third-order valence-electron chi connectivity index (χ3n) is 3.15. The van der Waals surface area contributed by atoms with Gasteiger partial charge >= 0.3 is 0 Å². The van der Waals surface area contributed by atoms with Gasteiger partial charge in [-0.05, 0) is 50.8 Å². The first-order valence-corrected chi connectivity index (χ1v) is 6.01. The van der Waals surface area contributed by atoms with E-state index in [0.717, 1.165) is 18.2 Å². The van der Waals surface area contributed by atoms with Crippen molar-refractivity contribution < 1.29 is 5.32 Å². The molecule has 0 amide bonds. The summed E-state index contributed by atoms with van der Waals surface area (Å²) in [4.78, 5) is 4.61. The molecule has 0 bridgehead atoms. The molecule has 1 fully saturated rings. The fourth-order valence-electron chi connectivity index (χ4n) is 2.51. The molecular formula is C13H21N2+. The molecule has 0 saturated carbocycles. The van der Waals surface area contributed by atoms with E-state index in [1.165, 1.54) is 37.1 Å². The highest BCUT2D eigenvalue weighted by Crippen LogP contribution is 2.09. The Balaban J connectivity index is 2.02. The van der Waals surface area contributed by atoms with Gasteiger partial charge in [0.25, 0.3) is 0 Å². The molecule has 2 nitrogen and oxygen atoms in total. The number of hydrogen-bond acceptors (Lipinski definition) is 1. The number of piperidine rings is 1. The van der Waals surface area contributed by atoms with Crippen molar-refractivity contribution in [3.05, 3.63) is 29.1 Å². The molecule has 1 saturated heterocycles. The van der Waals surface area contributed by atoms with Crippen molar-refractivity contribution in [3.8, 4) is 0 Å². The number of nitrogens with zero attached hydrogens (tertiary/aromatic N) is 1. The molecule has 0 unspecified atom stereocenters. The van der Waals surface area contributed by atoms with Crippen LogP contribution in [-0.2, 0) is 6.42 Å². The van der Waals surface area contributed by atoms with Crippen molar-refractivity contribution in [2.24, 2.45) is 0 Å². The molecule has 0 radical (unpaired) electrons. The predicted molar refractivity (Wildman–Crippen MR) is 61.8 cm³/mol. The van der Waals surface area contributed by atoms with Gasteiger partial charge in [0.2, 0.25) is 0 Å². The lowest BCUT2D eigenvalue weighted by Crippen LogP contribution is -2.91. The van der Waals surface area contributed by atoms with Gasteiger partial charge in [-0.15, -0.1) is 0 Å². The van der Waals surface area contributed by atoms with Crippen LogP contribution in [0.2, 0.25) is 0 Å². The van der Waals surface area contributed by atoms with E-state index < -0.39 is 0 Å². The Morgan fingerprint density at radius 1 is 1.33 bits per heavy atom. The van der Waals surface area contributed by atoms with Crippen molar-refractivity contribution in [1.82, 2.24) is 4.98 Å². The number of hydrogen-bond donors (Lipinski definition) is 1. The van der Waals surface area contributed by atoms with E-state index >= 15 is 0 Å². The Morgan fingerprint density at radius 2 is 2.20 bits per heavy atom. The van der Waals surface area contributed by atoms with Crippen LogP contribution in [0.1, 0.15) is 36.2 Å². The molecule has 2 rings (SSSR count). The fourth-order valence-corrected chi connectivity index (χ4v) is 2.51. The van der Waals surface area contributed by atoms with Gasteiger partial charge in [-0.3, -0.25) is 4.98 Å². The molecule has 2 heterocycles. The SMILES string of the molecule is Cc1cc(C)nc(C[C@H]2CCCC[NH2+]2)c1. The van der Waals surface area contributed by atoms with Crippen molar-refractivity contribution in [2.45, 2.75) is 45.6 Å². The summed E-state index contributed by atoms with van der Waals surface area (Å²) in [5.74, 6) is 0. The molecule has 1 aromatic heterocycles. The number of pyridine rings is 1. The molecule has 0 spiro atoms. The molecule has 0 aliphatic carbocycles. The van der Waals surface area contributed by atoms with E-state index in [9.17, 15) is 0 Å². The maximum atomic E-state index is 4.61. The van der Waals surface area contributed by atoms with Crippen LogP contribution < -0.4 is 5.32 Å². The van der Waals surface area contributed by atoms with Gasteiger partial charge in [0.05, 0.1) is 12.6 Å². The molecule has 1 aliphatic rings. The third-order valence-corrected chi connectivity index (χ3v) is 3.15. The number of rotatable bonds is 2. The number of aromatic nitrogens is 1. The summed E-state index contributed by atoms with van der Waals surface area (Å²) in [5, 5.41) is 2.49. The van der Waals surface area contributed by atoms with Gasteiger partial charge in [-0.25, -0.2) is 0 Å². The molecule has 0 aromatic carbocycles. The molecule has 2 N–H and O–H groups in total. The smallest absolute Gasteiger partial charge is 0.0915 e. The first-order chi connectivity index (χ1) is 7.24. The summed E-state index contributed by atoms with van der Waals surface area (Å²) in [6, 6.07) is 5.15. The van der Waals surface area contributed by atoms with Gasteiger partial charge in [0.1, 0.15) is 0 Å². The normalized spacial score (nSPS) is 21.6. The van der Waals surface area contributed by atoms with Gasteiger partial charge in [0, 0.05) is 17.8 Å². The molecule has 1 atom stereocenters. The first-order valence-electron chi connectivity index (χ1n) is 6.01. The first kappa shape index (κ1) is 10.6.